The monoisotopic (exact) mass is 969 g/mol. The van der Waals surface area contributed by atoms with Gasteiger partial charge in [-0.25, -0.2) is 8.78 Å². The summed E-state index contributed by atoms with van der Waals surface area (Å²) in [4.78, 5) is 89.8. The van der Waals surface area contributed by atoms with Gasteiger partial charge in [-0.2, -0.15) is 0 Å². The molecule has 1 unspecified atom stereocenters. The summed E-state index contributed by atoms with van der Waals surface area (Å²) < 4.78 is 40.8. The average Bonchev–Trinajstić information content (AvgIpc) is 4.15. The van der Waals surface area contributed by atoms with Gasteiger partial charge in [0.05, 0.1) is 35.1 Å². The highest BCUT2D eigenvalue weighted by Crippen LogP contribution is 2.48. The number of pyridine rings is 1. The number of carbonyl (C=O) groups is 6. The van der Waals surface area contributed by atoms with E-state index in [2.05, 4.69) is 41.0 Å². The van der Waals surface area contributed by atoms with E-state index >= 15 is 4.39 Å². The van der Waals surface area contributed by atoms with Crippen molar-refractivity contribution in [2.75, 3.05) is 86.9 Å². The van der Waals surface area contributed by atoms with Gasteiger partial charge in [-0.15, -0.1) is 0 Å². The number of methoxy groups -OCH3 is 1. The summed E-state index contributed by atoms with van der Waals surface area (Å²) in [5, 5.41) is 11.6. The Kier molecular flexibility index (Phi) is 13.1. The van der Waals surface area contributed by atoms with Gasteiger partial charge in [-0.3, -0.25) is 48.9 Å². The van der Waals surface area contributed by atoms with E-state index < -0.39 is 58.5 Å². The van der Waals surface area contributed by atoms with E-state index in [4.69, 9.17) is 9.47 Å². The minimum absolute atomic E-state index is 0.000494. The standard InChI is InChI=1S/C52H53F2N9O8/c1-70-43-28-37-39(55-19-14-42(37)71-35-8-6-34(7-9-35)58-51(69)52(17-18-52)50(68)57-33-4-2-32(53)3-5-33)29-41(43)62-21-15-31(16-22-62)30-61-26-24-60(25-27-61)23-20-56-46-38(54)11-10-36-45(46)49(67)63(48(36)66)40-12-13-44(64)59-47(40)65/h2-11,14,19,28-29,31,40,56H,12-13,15-18,20-27,30H2,1H3,(H,57,68)(H,58,69)(H,59,64,65). The second-order valence-electron chi connectivity index (χ2n) is 18.8. The van der Waals surface area contributed by atoms with Crippen molar-refractivity contribution < 1.29 is 47.0 Å². The number of hydrogen-bond donors (Lipinski definition) is 4. The Morgan fingerprint density at radius 2 is 1.46 bits per heavy atom. The summed E-state index contributed by atoms with van der Waals surface area (Å²) in [6.45, 7) is 7.09. The zero-order valence-corrected chi connectivity index (χ0v) is 39.1. The maximum absolute atomic E-state index is 15.2. The first-order chi connectivity index (χ1) is 34.4. The fourth-order valence-electron chi connectivity index (χ4n) is 10.0. The van der Waals surface area contributed by atoms with Crippen LogP contribution in [0.25, 0.3) is 10.9 Å². The van der Waals surface area contributed by atoms with Crippen molar-refractivity contribution in [1.29, 1.82) is 0 Å². The van der Waals surface area contributed by atoms with Crippen LogP contribution >= 0.6 is 0 Å². The second kappa shape index (κ2) is 19.7. The van der Waals surface area contributed by atoms with E-state index in [9.17, 15) is 33.2 Å². The third-order valence-electron chi connectivity index (χ3n) is 14.3. The van der Waals surface area contributed by atoms with Crippen LogP contribution in [0.1, 0.15) is 59.2 Å². The SMILES string of the molecule is COc1cc2c(Oc3ccc(NC(=O)C4(C(=O)Nc5ccc(F)cc5)CC4)cc3)ccnc2cc1N1CCC(CN2CCN(CCNc3c(F)ccc4c3C(=O)N(C3CCC(=O)NC3=O)C4=O)CC2)CC1. The van der Waals surface area contributed by atoms with Crippen LogP contribution in [0.3, 0.4) is 0 Å². The second-order valence-corrected chi connectivity index (χ2v) is 18.8. The molecule has 0 radical (unpaired) electrons. The number of nitrogens with zero attached hydrogens (tertiary/aromatic N) is 5. The van der Waals surface area contributed by atoms with E-state index in [0.717, 1.165) is 86.2 Å². The number of halogens is 2. The number of ether oxygens (including phenoxy) is 2. The molecule has 10 rings (SSSR count). The molecule has 368 valence electrons. The third-order valence-corrected chi connectivity index (χ3v) is 14.3. The molecule has 3 saturated heterocycles. The predicted molar refractivity (Wildman–Crippen MR) is 260 cm³/mol. The highest BCUT2D eigenvalue weighted by Gasteiger charge is 2.56. The van der Waals surface area contributed by atoms with Gasteiger partial charge in [0, 0.05) is 88.3 Å². The summed E-state index contributed by atoms with van der Waals surface area (Å²) >= 11 is 0. The quantitative estimate of drug-likeness (QED) is 0.0704. The Labute approximate surface area is 407 Å². The van der Waals surface area contributed by atoms with Gasteiger partial charge in [0.2, 0.25) is 23.6 Å². The Balaban J connectivity index is 0.686. The number of amides is 6. The van der Waals surface area contributed by atoms with Crippen LogP contribution in [-0.4, -0.2) is 127 Å². The Morgan fingerprint density at radius 1 is 0.789 bits per heavy atom. The normalized spacial score (nSPS) is 19.3. The predicted octanol–water partition coefficient (Wildman–Crippen LogP) is 6.02. The minimum atomic E-state index is -1.18. The van der Waals surface area contributed by atoms with Crippen LogP contribution < -0.4 is 35.6 Å². The number of hydrogen-bond acceptors (Lipinski definition) is 13. The highest BCUT2D eigenvalue weighted by atomic mass is 19.1. The molecule has 4 fully saturated rings. The van der Waals surface area contributed by atoms with Crippen molar-refractivity contribution in [2.45, 2.75) is 44.6 Å². The summed E-state index contributed by atoms with van der Waals surface area (Å²) in [7, 11) is 1.66. The van der Waals surface area contributed by atoms with Gasteiger partial charge in [0.25, 0.3) is 11.8 Å². The molecule has 17 nitrogen and oxygen atoms in total. The van der Waals surface area contributed by atoms with Gasteiger partial charge in [0.1, 0.15) is 40.3 Å². The molecule has 1 atom stereocenters. The molecule has 0 spiro atoms. The van der Waals surface area contributed by atoms with E-state index in [1.165, 1.54) is 30.3 Å². The summed E-state index contributed by atoms with van der Waals surface area (Å²) in [5.74, 6) is -2.16. The van der Waals surface area contributed by atoms with Gasteiger partial charge in [-0.05, 0) is 117 Å². The molecule has 5 aliphatic rings. The van der Waals surface area contributed by atoms with Gasteiger partial charge in [0.15, 0.2) is 0 Å². The zero-order valence-electron chi connectivity index (χ0n) is 39.1. The van der Waals surface area contributed by atoms with Crippen LogP contribution in [0.4, 0.5) is 31.5 Å². The molecule has 4 aromatic carbocycles. The van der Waals surface area contributed by atoms with E-state index in [-0.39, 0.29) is 29.7 Å². The lowest BCUT2D eigenvalue weighted by molar-refractivity contribution is -0.136. The number of piperidine rings is 2. The summed E-state index contributed by atoms with van der Waals surface area (Å²) in [5.41, 5.74) is 1.36. The van der Waals surface area contributed by atoms with E-state index in [0.29, 0.717) is 60.5 Å². The Hall–Kier alpha value is -7.51. The van der Waals surface area contributed by atoms with Crippen LogP contribution in [0.15, 0.2) is 85.1 Å². The lowest BCUT2D eigenvalue weighted by Crippen LogP contribution is -2.54. The lowest BCUT2D eigenvalue weighted by atomic mass is 9.95. The third kappa shape index (κ3) is 9.71. The van der Waals surface area contributed by atoms with Crippen molar-refractivity contribution >= 4 is 69.1 Å². The van der Waals surface area contributed by atoms with Crippen LogP contribution in [0.5, 0.6) is 17.2 Å². The van der Waals surface area contributed by atoms with Crippen molar-refractivity contribution in [3.05, 3.63) is 108 Å². The molecule has 71 heavy (non-hydrogen) atoms. The molecule has 0 bridgehead atoms. The zero-order chi connectivity index (χ0) is 49.4. The molecule has 6 amide bonds. The molecule has 19 heteroatoms. The first-order valence-electron chi connectivity index (χ1n) is 24.0. The average molecular weight is 970 g/mol. The molecule has 5 aromatic rings. The van der Waals surface area contributed by atoms with Crippen molar-refractivity contribution in [2.24, 2.45) is 11.3 Å². The number of aromatic nitrogens is 1. The Morgan fingerprint density at radius 3 is 2.13 bits per heavy atom. The maximum Gasteiger partial charge on any atom is 0.264 e. The van der Waals surface area contributed by atoms with Gasteiger partial charge >= 0.3 is 0 Å². The van der Waals surface area contributed by atoms with Crippen LogP contribution in [0.2, 0.25) is 0 Å². The molecule has 1 aliphatic carbocycles. The smallest absolute Gasteiger partial charge is 0.264 e. The Bertz CT molecular complexity index is 2920. The number of imide groups is 2. The van der Waals surface area contributed by atoms with Gasteiger partial charge in [-0.1, -0.05) is 0 Å². The largest absolute Gasteiger partial charge is 0.495 e. The molecule has 5 heterocycles. The molecular formula is C52H53F2N9O8. The molecule has 1 aromatic heterocycles. The summed E-state index contributed by atoms with van der Waals surface area (Å²) in [6, 6.07) is 19.4. The maximum atomic E-state index is 15.2. The number of piperazine rings is 1. The lowest BCUT2D eigenvalue weighted by Gasteiger charge is -2.39. The van der Waals surface area contributed by atoms with E-state index in [1.54, 1.807) is 43.6 Å². The number of nitrogens with one attached hydrogen (secondary N) is 4. The van der Waals surface area contributed by atoms with Crippen LogP contribution in [-0.2, 0) is 19.2 Å². The number of benzene rings is 4. The van der Waals surface area contributed by atoms with Crippen molar-refractivity contribution in [1.82, 2.24) is 25.0 Å². The highest BCUT2D eigenvalue weighted by molar-refractivity contribution is 6.25. The molecule has 1 saturated carbocycles. The molecule has 4 aliphatic heterocycles. The fraction of sp³-hybridized carbons (Fsp3) is 0.365. The number of anilines is 4. The molecular weight excluding hydrogens is 917 g/mol. The van der Waals surface area contributed by atoms with Crippen molar-refractivity contribution in [3.8, 4) is 17.2 Å². The first-order valence-corrected chi connectivity index (χ1v) is 24.0. The fourth-order valence-corrected chi connectivity index (χ4v) is 10.0. The number of rotatable bonds is 15. The van der Waals surface area contributed by atoms with Crippen molar-refractivity contribution in [3.63, 3.8) is 0 Å². The topological polar surface area (TPSA) is 195 Å². The van der Waals surface area contributed by atoms with Gasteiger partial charge < -0.3 is 35.2 Å². The van der Waals surface area contributed by atoms with Crippen LogP contribution in [0, 0.1) is 23.0 Å². The number of fused-ring (bicyclic) bond motifs is 2. The van der Waals surface area contributed by atoms with E-state index in [1.807, 2.05) is 12.1 Å². The molecule has 4 N–H and O–H groups in total. The minimum Gasteiger partial charge on any atom is -0.495 e. The summed E-state index contributed by atoms with van der Waals surface area (Å²) in [6.07, 6.45) is 4.58. The first kappa shape index (κ1) is 47.2. The number of carbonyl (C=O) groups excluding carboxylic acids is 6.